The highest BCUT2D eigenvalue weighted by atomic mass is 35.5. The molecule has 0 atom stereocenters. The number of benzene rings is 1. The third-order valence-corrected chi connectivity index (χ3v) is 3.38. The van der Waals surface area contributed by atoms with Crippen molar-refractivity contribution in [1.29, 1.82) is 5.26 Å². The number of nitriles is 1. The Balaban J connectivity index is 0.00000133. The summed E-state index contributed by atoms with van der Waals surface area (Å²) in [5, 5.41) is 8.84. The lowest BCUT2D eigenvalue weighted by molar-refractivity contribution is -0.691. The molecule has 0 spiro atoms. The summed E-state index contributed by atoms with van der Waals surface area (Å²) in [6.07, 6.45) is 4.10. The molecule has 0 saturated carbocycles. The third-order valence-electron chi connectivity index (χ3n) is 3.38. The van der Waals surface area contributed by atoms with Gasteiger partial charge in [-0.05, 0) is 30.7 Å². The van der Waals surface area contributed by atoms with Gasteiger partial charge >= 0.3 is 0 Å². The van der Waals surface area contributed by atoms with Crippen molar-refractivity contribution in [2.75, 3.05) is 0 Å². The summed E-state index contributed by atoms with van der Waals surface area (Å²) in [7, 11) is 0. The zero-order chi connectivity index (χ0) is 12.5. The van der Waals surface area contributed by atoms with E-state index in [0.717, 1.165) is 30.6 Å². The first kappa shape index (κ1) is 13.6. The van der Waals surface area contributed by atoms with Crippen molar-refractivity contribution in [2.24, 2.45) is 0 Å². The van der Waals surface area contributed by atoms with Gasteiger partial charge in [0.2, 0.25) is 0 Å². The molecule has 0 bridgehead atoms. The van der Waals surface area contributed by atoms with Gasteiger partial charge in [0.15, 0.2) is 12.2 Å². The minimum atomic E-state index is -0.225. The van der Waals surface area contributed by atoms with Crippen LogP contribution >= 0.6 is 0 Å². The van der Waals surface area contributed by atoms with E-state index in [2.05, 4.69) is 10.6 Å². The number of fused-ring (bicyclic) bond motifs is 1. The first-order chi connectivity index (χ1) is 8.79. The number of imidazole rings is 1. The van der Waals surface area contributed by atoms with Crippen LogP contribution in [0.4, 0.5) is 4.39 Å². The van der Waals surface area contributed by atoms with Gasteiger partial charge in [-0.1, -0.05) is 0 Å². The van der Waals surface area contributed by atoms with Gasteiger partial charge in [0.1, 0.15) is 18.1 Å². The van der Waals surface area contributed by atoms with Gasteiger partial charge in [-0.3, -0.25) is 0 Å². The second-order valence-electron chi connectivity index (χ2n) is 4.48. The molecule has 19 heavy (non-hydrogen) atoms. The van der Waals surface area contributed by atoms with Crippen LogP contribution in [-0.2, 0) is 19.5 Å². The van der Waals surface area contributed by atoms with Crippen molar-refractivity contribution in [3.8, 4) is 17.3 Å². The monoisotopic (exact) mass is 277 g/mol. The number of rotatable bonds is 2. The highest BCUT2D eigenvalue weighted by Crippen LogP contribution is 2.24. The van der Waals surface area contributed by atoms with Gasteiger partial charge in [-0.25, -0.2) is 13.5 Å². The minimum Gasteiger partial charge on any atom is -1.00 e. The zero-order valence-corrected chi connectivity index (χ0v) is 11.1. The minimum absolute atomic E-state index is 0. The second kappa shape index (κ2) is 5.41. The molecule has 0 unspecified atom stereocenters. The maximum Gasteiger partial charge on any atom is 0.257 e. The first-order valence-electron chi connectivity index (χ1n) is 6.04. The standard InChI is InChI=1S/C14H13FN3.ClH/c15-12-5-3-11(4-6-12)13-10-17(9-7-16)14-2-1-8-18(13)14;/h3-6,10H,1-2,8-9H2;1H/q+1;/p-1. The largest absolute Gasteiger partial charge is 1.00 e. The number of hydrogen-bond acceptors (Lipinski definition) is 1. The summed E-state index contributed by atoms with van der Waals surface area (Å²) >= 11 is 0. The quantitative estimate of drug-likeness (QED) is 0.652. The van der Waals surface area contributed by atoms with Crippen LogP contribution in [0.1, 0.15) is 12.2 Å². The van der Waals surface area contributed by atoms with Crippen LogP contribution in [0.3, 0.4) is 0 Å². The number of halogens is 2. The van der Waals surface area contributed by atoms with Crippen LogP contribution in [-0.4, -0.2) is 4.57 Å². The molecule has 1 aromatic heterocycles. The molecule has 2 heterocycles. The predicted molar refractivity (Wildman–Crippen MR) is 64.0 cm³/mol. The van der Waals surface area contributed by atoms with Gasteiger partial charge in [0, 0.05) is 5.56 Å². The van der Waals surface area contributed by atoms with Crippen LogP contribution in [0.15, 0.2) is 30.5 Å². The van der Waals surface area contributed by atoms with Gasteiger partial charge < -0.3 is 12.4 Å². The Morgan fingerprint density at radius 3 is 2.74 bits per heavy atom. The first-order valence-corrected chi connectivity index (χ1v) is 6.04. The fourth-order valence-corrected chi connectivity index (χ4v) is 2.57. The maximum atomic E-state index is 12.9. The van der Waals surface area contributed by atoms with Crippen LogP contribution in [0, 0.1) is 17.1 Å². The molecule has 0 amide bonds. The van der Waals surface area contributed by atoms with E-state index in [1.165, 1.54) is 18.0 Å². The fraction of sp³-hybridized carbons (Fsp3) is 0.286. The van der Waals surface area contributed by atoms with E-state index in [9.17, 15) is 4.39 Å². The van der Waals surface area contributed by atoms with E-state index in [-0.39, 0.29) is 18.2 Å². The summed E-state index contributed by atoms with van der Waals surface area (Å²) in [5.41, 5.74) is 2.06. The molecule has 1 aromatic carbocycles. The molecule has 0 N–H and O–H groups in total. The maximum absolute atomic E-state index is 12.9. The summed E-state index contributed by atoms with van der Waals surface area (Å²) in [6, 6.07) is 8.69. The van der Waals surface area contributed by atoms with Gasteiger partial charge in [0.25, 0.3) is 5.82 Å². The Kier molecular flexibility index (Phi) is 3.87. The Hall–Kier alpha value is -1.86. The smallest absolute Gasteiger partial charge is 0.257 e. The molecule has 2 aromatic rings. The van der Waals surface area contributed by atoms with Crippen molar-refractivity contribution in [2.45, 2.75) is 25.9 Å². The average molecular weight is 278 g/mol. The molecule has 3 nitrogen and oxygen atoms in total. The topological polar surface area (TPSA) is 32.6 Å². The summed E-state index contributed by atoms with van der Waals surface area (Å²) in [6.45, 7) is 1.34. The number of hydrogen-bond donors (Lipinski definition) is 0. The van der Waals surface area contributed by atoms with E-state index in [1.807, 2.05) is 10.8 Å². The predicted octanol–water partition coefficient (Wildman–Crippen LogP) is -0.945. The Morgan fingerprint density at radius 2 is 2.05 bits per heavy atom. The average Bonchev–Trinajstić information content (AvgIpc) is 2.95. The van der Waals surface area contributed by atoms with Gasteiger partial charge in [-0.2, -0.15) is 5.26 Å². The lowest BCUT2D eigenvalue weighted by Crippen LogP contribution is -3.00. The van der Waals surface area contributed by atoms with E-state index in [4.69, 9.17) is 5.26 Å². The molecule has 0 aliphatic carbocycles. The molecule has 1 aliphatic rings. The van der Waals surface area contributed by atoms with Crippen molar-refractivity contribution >= 4 is 0 Å². The molecule has 0 fully saturated rings. The fourth-order valence-electron chi connectivity index (χ4n) is 2.57. The lowest BCUT2D eigenvalue weighted by Gasteiger charge is -1.98. The van der Waals surface area contributed by atoms with Crippen molar-refractivity contribution in [1.82, 2.24) is 4.57 Å². The number of aromatic nitrogens is 2. The van der Waals surface area contributed by atoms with Crippen LogP contribution in [0.25, 0.3) is 11.3 Å². The van der Waals surface area contributed by atoms with Gasteiger partial charge in [0.05, 0.1) is 13.0 Å². The molecular formula is C14H13ClFN3. The highest BCUT2D eigenvalue weighted by Gasteiger charge is 2.28. The van der Waals surface area contributed by atoms with Crippen LogP contribution in [0.5, 0.6) is 0 Å². The Morgan fingerprint density at radius 1 is 1.32 bits per heavy atom. The van der Waals surface area contributed by atoms with Crippen LogP contribution < -0.4 is 17.0 Å². The van der Waals surface area contributed by atoms with Crippen LogP contribution in [0.2, 0.25) is 0 Å². The van der Waals surface area contributed by atoms with Crippen molar-refractivity contribution < 1.29 is 21.4 Å². The molecule has 3 rings (SSSR count). The normalized spacial score (nSPS) is 12.6. The van der Waals surface area contributed by atoms with E-state index in [0.29, 0.717) is 6.54 Å². The summed E-state index contributed by atoms with van der Waals surface area (Å²) in [4.78, 5) is 0. The van der Waals surface area contributed by atoms with E-state index in [1.54, 1.807) is 12.1 Å². The highest BCUT2D eigenvalue weighted by molar-refractivity contribution is 5.58. The molecule has 5 heteroatoms. The molecular weight excluding hydrogens is 265 g/mol. The second-order valence-corrected chi connectivity index (χ2v) is 4.48. The van der Waals surface area contributed by atoms with Crippen molar-refractivity contribution in [3.05, 3.63) is 42.1 Å². The summed E-state index contributed by atoms with van der Waals surface area (Å²) < 4.78 is 17.2. The molecule has 0 radical (unpaired) electrons. The van der Waals surface area contributed by atoms with Crippen molar-refractivity contribution in [3.63, 3.8) is 0 Å². The van der Waals surface area contributed by atoms with E-state index < -0.39 is 0 Å². The molecule has 0 saturated heterocycles. The number of nitrogens with zero attached hydrogens (tertiary/aromatic N) is 3. The molecule has 1 aliphatic heterocycles. The summed E-state index contributed by atoms with van der Waals surface area (Å²) in [5.74, 6) is 0.965. The van der Waals surface area contributed by atoms with Gasteiger partial charge in [-0.15, -0.1) is 0 Å². The zero-order valence-electron chi connectivity index (χ0n) is 10.3. The third kappa shape index (κ3) is 2.34. The Bertz CT molecular complexity index is 625. The van der Waals surface area contributed by atoms with E-state index >= 15 is 0 Å². The molecule has 98 valence electrons. The lowest BCUT2D eigenvalue weighted by atomic mass is 10.1. The Labute approximate surface area is 117 Å². The SMILES string of the molecule is N#CC[n+]1cc(-c2ccc(F)cc2)n2c1CCC2.[Cl-].